The molecule has 0 fully saturated rings. The molecule has 15 heteroatoms. The van der Waals surface area contributed by atoms with Crippen LogP contribution in [0.1, 0.15) is 57.9 Å². The fourth-order valence-corrected chi connectivity index (χ4v) is 5.31. The first-order valence-electron chi connectivity index (χ1n) is 12.3. The first-order chi connectivity index (χ1) is 18.3. The number of nitrogens with zero attached hydrogens (tertiary/aromatic N) is 2. The van der Waals surface area contributed by atoms with E-state index in [-0.39, 0.29) is 75.6 Å². The zero-order valence-corrected chi connectivity index (χ0v) is 29.1. The van der Waals surface area contributed by atoms with Gasteiger partial charge in [-0.05, 0) is 54.1 Å². The van der Waals surface area contributed by atoms with Crippen molar-refractivity contribution in [3.05, 3.63) is 48.0 Å². The maximum atomic E-state index is 12.0. The minimum absolute atomic E-state index is 0. The maximum absolute atomic E-state index is 12.0. The van der Waals surface area contributed by atoms with Gasteiger partial charge in [-0.2, -0.15) is 5.11 Å². The van der Waals surface area contributed by atoms with Crippen molar-refractivity contribution in [3.8, 4) is 5.75 Å². The van der Waals surface area contributed by atoms with Crippen LogP contribution in [0.5, 0.6) is 5.75 Å². The first-order valence-corrected chi connectivity index (χ1v) is 15.2. The largest absolute Gasteiger partial charge is 1.00 e. The second-order valence-corrected chi connectivity index (χ2v) is 11.8. The van der Waals surface area contributed by atoms with Crippen LogP contribution in [-0.2, 0) is 31.5 Å². The van der Waals surface area contributed by atoms with Gasteiger partial charge in [0.2, 0.25) is 5.91 Å². The molecule has 0 aliphatic rings. The van der Waals surface area contributed by atoms with E-state index in [0.29, 0.717) is 5.69 Å². The Morgan fingerprint density at radius 3 is 2.05 bits per heavy atom. The van der Waals surface area contributed by atoms with E-state index in [1.807, 2.05) is 12.1 Å². The Kier molecular flexibility index (Phi) is 15.1. The van der Waals surface area contributed by atoms with Crippen molar-refractivity contribution in [2.45, 2.75) is 68.6 Å². The molecule has 3 aromatic rings. The number of rotatable bonds is 12. The normalized spacial score (nSPS) is 11.7. The van der Waals surface area contributed by atoms with Crippen LogP contribution in [0.2, 0.25) is 0 Å². The number of carbonyl (C=O) groups is 1. The smallest absolute Gasteiger partial charge is 0.744 e. The number of aryl methyl sites for hydroxylation is 1. The van der Waals surface area contributed by atoms with Gasteiger partial charge in [-0.3, -0.25) is 4.79 Å². The van der Waals surface area contributed by atoms with Gasteiger partial charge in [-0.1, -0.05) is 51.2 Å². The maximum Gasteiger partial charge on any atom is 1.00 e. The van der Waals surface area contributed by atoms with E-state index in [1.165, 1.54) is 25.7 Å². The summed E-state index contributed by atoms with van der Waals surface area (Å²) in [6, 6.07) is 9.41. The van der Waals surface area contributed by atoms with Crippen LogP contribution in [0.3, 0.4) is 0 Å². The minimum Gasteiger partial charge on any atom is -0.744 e. The fourth-order valence-electron chi connectivity index (χ4n) is 4.13. The van der Waals surface area contributed by atoms with E-state index in [2.05, 4.69) is 22.5 Å². The molecule has 0 aliphatic carbocycles. The molecule has 0 aliphatic heterocycles. The van der Waals surface area contributed by atoms with Crippen LogP contribution < -0.4 is 64.4 Å². The summed E-state index contributed by atoms with van der Waals surface area (Å²) in [5.74, 6) is -1.51. The molecule has 0 spiro atoms. The molecule has 3 rings (SSSR count). The Morgan fingerprint density at radius 2 is 1.49 bits per heavy atom. The summed E-state index contributed by atoms with van der Waals surface area (Å²) in [5.41, 5.74) is 0.422. The Bertz CT molecular complexity index is 1610. The summed E-state index contributed by atoms with van der Waals surface area (Å²) in [7, 11) is -10.3. The number of anilines is 1. The molecule has 0 radical (unpaired) electrons. The van der Waals surface area contributed by atoms with Crippen LogP contribution in [0.4, 0.5) is 17.1 Å². The van der Waals surface area contributed by atoms with Crippen molar-refractivity contribution in [1.82, 2.24) is 0 Å². The number of phenolic OH excluding ortho intramolecular Hbond substituents is 1. The molecule has 0 unspecified atom stereocenters. The monoisotopic (exact) mass is 621 g/mol. The Hall–Kier alpha value is -1.39. The second kappa shape index (κ2) is 16.5. The number of hydrogen-bond donors (Lipinski definition) is 2. The SMILES string of the molecule is CCCCCCCCc1ccc(N=Nc2c(S(=O)(=O)[O-])cc3cc(S(=O)(=O)[O-])cc(NC(C)=O)c3c2O)cc1.[Na+].[Na+]. The molecule has 0 atom stereocenters. The molecule has 210 valence electrons. The summed E-state index contributed by atoms with van der Waals surface area (Å²) < 4.78 is 70.8. The van der Waals surface area contributed by atoms with Gasteiger partial charge < -0.3 is 19.5 Å². The van der Waals surface area contributed by atoms with Crippen molar-refractivity contribution in [3.63, 3.8) is 0 Å². The number of benzene rings is 3. The van der Waals surface area contributed by atoms with E-state index >= 15 is 0 Å². The van der Waals surface area contributed by atoms with E-state index in [9.17, 15) is 35.8 Å². The molecule has 0 bridgehead atoms. The van der Waals surface area contributed by atoms with Crippen LogP contribution in [0, 0.1) is 0 Å². The number of azo groups is 1. The topological polar surface area (TPSA) is 188 Å². The number of amides is 1. The third-order valence-electron chi connectivity index (χ3n) is 6.01. The molecular formula is C26H29N3Na2O8S2. The van der Waals surface area contributed by atoms with Gasteiger partial charge in [0.05, 0.1) is 21.2 Å². The summed E-state index contributed by atoms with van der Waals surface area (Å²) in [4.78, 5) is 9.91. The molecule has 3 aromatic carbocycles. The molecule has 1 amide bonds. The number of nitrogens with one attached hydrogen (secondary N) is 1. The molecule has 0 saturated carbocycles. The summed E-state index contributed by atoms with van der Waals surface area (Å²) in [5, 5.41) is 20.5. The number of phenols is 1. The van der Waals surface area contributed by atoms with Crippen molar-refractivity contribution in [2.24, 2.45) is 10.2 Å². The molecule has 11 nitrogen and oxygen atoms in total. The predicted octanol–water partition coefficient (Wildman–Crippen LogP) is -0.362. The van der Waals surface area contributed by atoms with Crippen molar-refractivity contribution in [2.75, 3.05) is 5.32 Å². The third-order valence-corrected chi connectivity index (χ3v) is 7.68. The molecule has 0 saturated heterocycles. The standard InChI is InChI=1S/C26H31N3O8S2.2Na/c1-3-4-5-6-7-8-9-18-10-12-20(13-11-18)28-29-25-23(39(35,36)37)15-19-14-21(38(32,33)34)16-22(27-17(2)30)24(19)26(25)31;;/h10-16,31H,3-9H2,1-2H3,(H,27,30)(H,32,33,34)(H,35,36,37);;/q;2*+1/p-2. The number of fused-ring (bicyclic) bond motifs is 1. The number of carbonyl (C=O) groups excluding carboxylic acids is 1. The van der Waals surface area contributed by atoms with Gasteiger partial charge in [0.25, 0.3) is 0 Å². The van der Waals surface area contributed by atoms with Crippen molar-refractivity contribution in [1.29, 1.82) is 0 Å². The van der Waals surface area contributed by atoms with Crippen LogP contribution in [-0.4, -0.2) is 37.0 Å². The van der Waals surface area contributed by atoms with Gasteiger partial charge in [-0.25, -0.2) is 16.8 Å². The van der Waals surface area contributed by atoms with Gasteiger partial charge >= 0.3 is 59.1 Å². The summed E-state index contributed by atoms with van der Waals surface area (Å²) in [6.07, 6.45) is 7.92. The van der Waals surface area contributed by atoms with Crippen LogP contribution in [0.25, 0.3) is 10.8 Å². The molecule has 0 heterocycles. The van der Waals surface area contributed by atoms with Crippen molar-refractivity contribution < 1.29 is 95.0 Å². The zero-order valence-electron chi connectivity index (χ0n) is 23.5. The molecular weight excluding hydrogens is 592 g/mol. The number of hydrogen-bond acceptors (Lipinski definition) is 10. The van der Waals surface area contributed by atoms with Gasteiger partial charge in [0.15, 0.2) is 5.75 Å². The molecule has 41 heavy (non-hydrogen) atoms. The van der Waals surface area contributed by atoms with E-state index in [1.54, 1.807) is 12.1 Å². The predicted molar refractivity (Wildman–Crippen MR) is 144 cm³/mol. The second-order valence-electron chi connectivity index (χ2n) is 9.11. The quantitative estimate of drug-likeness (QED) is 0.119. The van der Waals surface area contributed by atoms with Gasteiger partial charge in [-0.15, -0.1) is 5.11 Å². The molecule has 0 aromatic heterocycles. The zero-order chi connectivity index (χ0) is 28.8. The van der Waals surface area contributed by atoms with Crippen LogP contribution in [0.15, 0.2) is 62.5 Å². The first kappa shape index (κ1) is 37.6. The number of aromatic hydroxyl groups is 1. The van der Waals surface area contributed by atoms with E-state index in [0.717, 1.165) is 49.9 Å². The van der Waals surface area contributed by atoms with Gasteiger partial charge in [0.1, 0.15) is 25.9 Å². The summed E-state index contributed by atoms with van der Waals surface area (Å²) >= 11 is 0. The van der Waals surface area contributed by atoms with E-state index < -0.39 is 47.4 Å². The van der Waals surface area contributed by atoms with Crippen molar-refractivity contribution >= 4 is 54.0 Å². The number of unbranched alkanes of at least 4 members (excludes halogenated alkanes) is 5. The Labute approximate surface area is 284 Å². The summed E-state index contributed by atoms with van der Waals surface area (Å²) in [6.45, 7) is 3.28. The van der Waals surface area contributed by atoms with Crippen LogP contribution >= 0.6 is 0 Å². The third kappa shape index (κ3) is 10.7. The average molecular weight is 622 g/mol. The average Bonchev–Trinajstić information content (AvgIpc) is 2.84. The van der Waals surface area contributed by atoms with Gasteiger partial charge in [0, 0.05) is 12.3 Å². The Morgan fingerprint density at radius 1 is 0.878 bits per heavy atom. The molecule has 2 N–H and O–H groups in total. The fraction of sp³-hybridized carbons (Fsp3) is 0.346. The minimum atomic E-state index is -5.24. The van der Waals surface area contributed by atoms with E-state index in [4.69, 9.17) is 0 Å². The Balaban J connectivity index is 0.00000420.